The van der Waals surface area contributed by atoms with Gasteiger partial charge in [0, 0.05) is 0 Å². The Kier molecular flexibility index (Phi) is 3.52. The molecule has 1 heterocycles. The third-order valence-electron chi connectivity index (χ3n) is 3.66. The lowest BCUT2D eigenvalue weighted by Crippen LogP contribution is -2.53. The Hall–Kier alpha value is -1.29. The predicted octanol–water partition coefficient (Wildman–Crippen LogP) is 1.95. The second-order valence-electron chi connectivity index (χ2n) is 5.05. The maximum Gasteiger partial charge on any atom is 0.287 e. The SMILES string of the molecule is CC1CCC(CO)(NC(=O)c2ccco2)CC1. The van der Waals surface area contributed by atoms with Crippen molar-refractivity contribution in [1.29, 1.82) is 0 Å². The molecule has 4 heteroatoms. The highest BCUT2D eigenvalue weighted by molar-refractivity contribution is 5.91. The van der Waals surface area contributed by atoms with Crippen LogP contribution in [-0.2, 0) is 0 Å². The zero-order chi connectivity index (χ0) is 12.3. The summed E-state index contributed by atoms with van der Waals surface area (Å²) in [6, 6.07) is 3.31. The first-order chi connectivity index (χ1) is 8.15. The molecule has 4 nitrogen and oxygen atoms in total. The zero-order valence-corrected chi connectivity index (χ0v) is 10.1. The van der Waals surface area contributed by atoms with E-state index in [9.17, 15) is 9.90 Å². The van der Waals surface area contributed by atoms with Crippen LogP contribution in [0.3, 0.4) is 0 Å². The lowest BCUT2D eigenvalue weighted by atomic mass is 9.77. The number of hydrogen-bond acceptors (Lipinski definition) is 3. The molecule has 0 saturated heterocycles. The van der Waals surface area contributed by atoms with Crippen LogP contribution in [0.15, 0.2) is 22.8 Å². The summed E-state index contributed by atoms with van der Waals surface area (Å²) in [4.78, 5) is 11.9. The Labute approximate surface area is 101 Å². The second-order valence-corrected chi connectivity index (χ2v) is 5.05. The molecular weight excluding hydrogens is 218 g/mol. The molecule has 1 aromatic heterocycles. The predicted molar refractivity (Wildman–Crippen MR) is 63.6 cm³/mol. The van der Waals surface area contributed by atoms with Crippen LogP contribution in [0.5, 0.6) is 0 Å². The summed E-state index contributed by atoms with van der Waals surface area (Å²) in [5, 5.41) is 12.5. The van der Waals surface area contributed by atoms with Gasteiger partial charge in [0.05, 0.1) is 18.4 Å². The van der Waals surface area contributed by atoms with Gasteiger partial charge in [0.2, 0.25) is 0 Å². The molecule has 1 saturated carbocycles. The fourth-order valence-corrected chi connectivity index (χ4v) is 2.35. The number of aliphatic hydroxyl groups is 1. The first kappa shape index (κ1) is 12.2. The van der Waals surface area contributed by atoms with Crippen molar-refractivity contribution in [1.82, 2.24) is 5.32 Å². The molecule has 1 aromatic rings. The van der Waals surface area contributed by atoms with Gasteiger partial charge >= 0.3 is 0 Å². The highest BCUT2D eigenvalue weighted by Crippen LogP contribution is 2.31. The molecule has 2 N–H and O–H groups in total. The van der Waals surface area contributed by atoms with Gasteiger partial charge in [0.25, 0.3) is 5.91 Å². The fourth-order valence-electron chi connectivity index (χ4n) is 2.35. The molecule has 0 aromatic carbocycles. The van der Waals surface area contributed by atoms with E-state index in [0.29, 0.717) is 11.7 Å². The van der Waals surface area contributed by atoms with Crippen LogP contribution >= 0.6 is 0 Å². The highest BCUT2D eigenvalue weighted by atomic mass is 16.3. The summed E-state index contributed by atoms with van der Waals surface area (Å²) in [7, 11) is 0. The minimum atomic E-state index is -0.462. The van der Waals surface area contributed by atoms with E-state index in [4.69, 9.17) is 4.42 Å². The molecule has 0 bridgehead atoms. The summed E-state index contributed by atoms with van der Waals surface area (Å²) in [5.74, 6) is 0.741. The van der Waals surface area contributed by atoms with Gasteiger partial charge in [-0.15, -0.1) is 0 Å². The molecule has 2 rings (SSSR count). The minimum Gasteiger partial charge on any atom is -0.459 e. The molecule has 0 aliphatic heterocycles. The van der Waals surface area contributed by atoms with Crippen molar-refractivity contribution in [3.63, 3.8) is 0 Å². The molecular formula is C13H19NO3. The Balaban J connectivity index is 2.02. The summed E-state index contributed by atoms with van der Waals surface area (Å²) >= 11 is 0. The van der Waals surface area contributed by atoms with Gasteiger partial charge < -0.3 is 14.8 Å². The van der Waals surface area contributed by atoms with Crippen LogP contribution in [-0.4, -0.2) is 23.2 Å². The molecule has 1 fully saturated rings. The van der Waals surface area contributed by atoms with E-state index in [2.05, 4.69) is 12.2 Å². The number of nitrogens with one attached hydrogen (secondary N) is 1. The van der Waals surface area contributed by atoms with Gasteiger partial charge in [-0.1, -0.05) is 6.92 Å². The summed E-state index contributed by atoms with van der Waals surface area (Å²) in [5.41, 5.74) is -0.462. The van der Waals surface area contributed by atoms with Crippen LogP contribution in [0.4, 0.5) is 0 Å². The van der Waals surface area contributed by atoms with E-state index in [1.165, 1.54) is 6.26 Å². The number of hydrogen-bond donors (Lipinski definition) is 2. The van der Waals surface area contributed by atoms with Crippen molar-refractivity contribution in [2.24, 2.45) is 5.92 Å². The summed E-state index contributed by atoms with van der Waals surface area (Å²) in [6.07, 6.45) is 5.22. The average Bonchev–Trinajstić information content (AvgIpc) is 2.86. The standard InChI is InChI=1S/C13H19NO3/c1-10-4-6-13(9-15,7-5-10)14-12(16)11-3-2-8-17-11/h2-3,8,10,15H,4-7,9H2,1H3,(H,14,16). The Morgan fingerprint density at radius 1 is 1.59 bits per heavy atom. The molecule has 0 spiro atoms. The van der Waals surface area contributed by atoms with Crippen molar-refractivity contribution < 1.29 is 14.3 Å². The van der Waals surface area contributed by atoms with Crippen molar-refractivity contribution in [2.45, 2.75) is 38.1 Å². The number of carbonyl (C=O) groups excluding carboxylic acids is 1. The Morgan fingerprint density at radius 3 is 2.82 bits per heavy atom. The van der Waals surface area contributed by atoms with Gasteiger partial charge in [0.15, 0.2) is 5.76 Å². The molecule has 94 valence electrons. The molecule has 0 atom stereocenters. The van der Waals surface area contributed by atoms with E-state index in [1.54, 1.807) is 12.1 Å². The monoisotopic (exact) mass is 237 g/mol. The molecule has 0 radical (unpaired) electrons. The molecule has 17 heavy (non-hydrogen) atoms. The number of aliphatic hydroxyl groups excluding tert-OH is 1. The van der Waals surface area contributed by atoms with E-state index in [-0.39, 0.29) is 12.5 Å². The first-order valence-corrected chi connectivity index (χ1v) is 6.12. The minimum absolute atomic E-state index is 0.00777. The second kappa shape index (κ2) is 4.92. The Bertz CT molecular complexity index is 364. The van der Waals surface area contributed by atoms with E-state index in [1.807, 2.05) is 0 Å². The van der Waals surface area contributed by atoms with Gasteiger partial charge in [-0.3, -0.25) is 4.79 Å². The maximum atomic E-state index is 11.9. The maximum absolute atomic E-state index is 11.9. The van der Waals surface area contributed by atoms with Gasteiger partial charge in [-0.05, 0) is 43.7 Å². The van der Waals surface area contributed by atoms with Crippen molar-refractivity contribution in [3.05, 3.63) is 24.2 Å². The van der Waals surface area contributed by atoms with E-state index < -0.39 is 5.54 Å². The van der Waals surface area contributed by atoms with Crippen LogP contribution in [0.25, 0.3) is 0 Å². The molecule has 1 aliphatic carbocycles. The van der Waals surface area contributed by atoms with Gasteiger partial charge in [-0.25, -0.2) is 0 Å². The lowest BCUT2D eigenvalue weighted by Gasteiger charge is -2.38. The van der Waals surface area contributed by atoms with Crippen LogP contribution in [0, 0.1) is 5.92 Å². The number of rotatable bonds is 3. The lowest BCUT2D eigenvalue weighted by molar-refractivity contribution is 0.0693. The highest BCUT2D eigenvalue weighted by Gasteiger charge is 2.35. The largest absolute Gasteiger partial charge is 0.459 e. The number of carbonyl (C=O) groups is 1. The normalized spacial score (nSPS) is 28.9. The molecule has 1 amide bonds. The third kappa shape index (κ3) is 2.69. The summed E-state index contributed by atoms with van der Waals surface area (Å²) < 4.78 is 5.05. The number of furan rings is 1. The quantitative estimate of drug-likeness (QED) is 0.844. The van der Waals surface area contributed by atoms with Crippen LogP contribution in [0.1, 0.15) is 43.2 Å². The van der Waals surface area contributed by atoms with Crippen molar-refractivity contribution >= 4 is 5.91 Å². The summed E-state index contributed by atoms with van der Waals surface area (Å²) in [6.45, 7) is 2.20. The molecule has 1 aliphatic rings. The van der Waals surface area contributed by atoms with Gasteiger partial charge in [-0.2, -0.15) is 0 Å². The topological polar surface area (TPSA) is 62.5 Å². The van der Waals surface area contributed by atoms with Crippen molar-refractivity contribution in [3.8, 4) is 0 Å². The Morgan fingerprint density at radius 2 is 2.29 bits per heavy atom. The van der Waals surface area contributed by atoms with E-state index >= 15 is 0 Å². The smallest absolute Gasteiger partial charge is 0.287 e. The third-order valence-corrected chi connectivity index (χ3v) is 3.66. The van der Waals surface area contributed by atoms with E-state index in [0.717, 1.165) is 25.7 Å². The van der Waals surface area contributed by atoms with Crippen LogP contribution in [0.2, 0.25) is 0 Å². The zero-order valence-electron chi connectivity index (χ0n) is 10.1. The van der Waals surface area contributed by atoms with Gasteiger partial charge in [0.1, 0.15) is 0 Å². The van der Waals surface area contributed by atoms with Crippen LogP contribution < -0.4 is 5.32 Å². The van der Waals surface area contributed by atoms with Crippen molar-refractivity contribution in [2.75, 3.05) is 6.61 Å². The average molecular weight is 237 g/mol. The first-order valence-electron chi connectivity index (χ1n) is 6.12. The number of amides is 1. The fraction of sp³-hybridized carbons (Fsp3) is 0.615. The molecule has 0 unspecified atom stereocenters.